The fraction of sp³-hybridized carbons (Fsp3) is 0.364. The molecule has 0 aromatic heterocycles. The van der Waals surface area contributed by atoms with Crippen LogP contribution in [0.5, 0.6) is 11.5 Å². The lowest BCUT2D eigenvalue weighted by molar-refractivity contribution is 0.297. The Bertz CT molecular complexity index is 396. The minimum atomic E-state index is 0.178. The zero-order valence-corrected chi connectivity index (χ0v) is 9.68. The van der Waals surface area contributed by atoms with Gasteiger partial charge in [-0.3, -0.25) is 5.41 Å². The zero-order chi connectivity index (χ0) is 11.4. The highest BCUT2D eigenvalue weighted by Gasteiger charge is 2.10. The molecular weight excluding hydrogens is 224 g/mol. The topological polar surface area (TPSA) is 68.3 Å². The Labute approximate surface area is 98.6 Å². The number of fused-ring (bicyclic) bond motifs is 1. The van der Waals surface area contributed by atoms with Crippen molar-refractivity contribution in [2.75, 3.05) is 19.0 Å². The zero-order valence-electron chi connectivity index (χ0n) is 8.86. The molecule has 0 spiro atoms. The van der Waals surface area contributed by atoms with Gasteiger partial charge in [-0.15, -0.1) is 11.8 Å². The van der Waals surface area contributed by atoms with Crippen molar-refractivity contribution >= 4 is 17.6 Å². The van der Waals surface area contributed by atoms with Crippen LogP contribution in [-0.4, -0.2) is 24.8 Å². The predicted molar refractivity (Wildman–Crippen MR) is 64.7 cm³/mol. The van der Waals surface area contributed by atoms with Gasteiger partial charge in [0.15, 0.2) is 11.5 Å². The third-order valence-electron chi connectivity index (χ3n) is 2.11. The van der Waals surface area contributed by atoms with E-state index >= 15 is 0 Å². The molecule has 0 unspecified atom stereocenters. The molecule has 1 heterocycles. The van der Waals surface area contributed by atoms with Gasteiger partial charge in [0.2, 0.25) is 0 Å². The van der Waals surface area contributed by atoms with E-state index in [1.165, 1.54) is 11.8 Å². The lowest BCUT2D eigenvalue weighted by Gasteiger charge is -2.08. The minimum absolute atomic E-state index is 0.178. The molecule has 0 bridgehead atoms. The molecule has 86 valence electrons. The van der Waals surface area contributed by atoms with Crippen LogP contribution in [0.1, 0.15) is 6.42 Å². The summed E-state index contributed by atoms with van der Waals surface area (Å²) >= 11 is 1.52. The van der Waals surface area contributed by atoms with Gasteiger partial charge in [0.05, 0.1) is 19.0 Å². The molecule has 4 nitrogen and oxygen atoms in total. The highest BCUT2D eigenvalue weighted by atomic mass is 32.2. The van der Waals surface area contributed by atoms with Gasteiger partial charge in [-0.2, -0.15) is 0 Å². The van der Waals surface area contributed by atoms with E-state index in [0.29, 0.717) is 19.0 Å². The lowest BCUT2D eigenvalue weighted by Crippen LogP contribution is -2.11. The Balaban J connectivity index is 2.11. The summed E-state index contributed by atoms with van der Waals surface area (Å²) in [6.45, 7) is 1.39. The van der Waals surface area contributed by atoms with Crippen LogP contribution in [-0.2, 0) is 0 Å². The van der Waals surface area contributed by atoms with Crippen molar-refractivity contribution in [3.8, 4) is 11.5 Å². The molecule has 16 heavy (non-hydrogen) atoms. The lowest BCUT2D eigenvalue weighted by atomic mass is 10.3. The van der Waals surface area contributed by atoms with Crippen molar-refractivity contribution in [1.82, 2.24) is 0 Å². The summed E-state index contributed by atoms with van der Waals surface area (Å²) in [6.07, 6.45) is 0.907. The molecule has 0 aliphatic carbocycles. The van der Waals surface area contributed by atoms with Crippen LogP contribution in [0.3, 0.4) is 0 Å². The fourth-order valence-electron chi connectivity index (χ4n) is 1.39. The molecule has 0 saturated carbocycles. The molecule has 1 aromatic rings. The summed E-state index contributed by atoms with van der Waals surface area (Å²) in [4.78, 5) is 1.04. The highest BCUT2D eigenvalue weighted by molar-refractivity contribution is 8.00. The number of amidine groups is 1. The van der Waals surface area contributed by atoms with Crippen LogP contribution in [0.15, 0.2) is 23.1 Å². The number of hydrogen-bond acceptors (Lipinski definition) is 4. The van der Waals surface area contributed by atoms with Gasteiger partial charge in [0.25, 0.3) is 0 Å². The third kappa shape index (κ3) is 2.82. The number of rotatable bonds is 3. The van der Waals surface area contributed by atoms with E-state index in [1.807, 2.05) is 18.2 Å². The van der Waals surface area contributed by atoms with Crippen LogP contribution in [0.2, 0.25) is 0 Å². The maximum absolute atomic E-state index is 7.17. The number of ether oxygens (including phenoxy) is 2. The number of nitrogens with one attached hydrogen (secondary N) is 1. The number of benzene rings is 1. The number of thioether (sulfide) groups is 1. The first-order valence-corrected chi connectivity index (χ1v) is 6.09. The first kappa shape index (κ1) is 11.1. The standard InChI is InChI=1S/C11H14N2O2S/c12-11(13)7-16-8-2-3-9-10(6-8)15-5-1-4-14-9/h2-3,6H,1,4-5,7H2,(H3,12,13). The highest BCUT2D eigenvalue weighted by Crippen LogP contribution is 2.33. The van der Waals surface area contributed by atoms with Gasteiger partial charge >= 0.3 is 0 Å². The summed E-state index contributed by atoms with van der Waals surface area (Å²) in [5, 5.41) is 7.17. The Kier molecular flexibility index (Phi) is 3.56. The third-order valence-corrected chi connectivity index (χ3v) is 3.16. The molecule has 1 aromatic carbocycles. The van der Waals surface area contributed by atoms with Gasteiger partial charge in [-0.1, -0.05) is 0 Å². The molecule has 0 radical (unpaired) electrons. The fourth-order valence-corrected chi connectivity index (χ4v) is 2.07. The van der Waals surface area contributed by atoms with Gasteiger partial charge in [0.1, 0.15) is 5.84 Å². The Morgan fingerprint density at radius 2 is 2.06 bits per heavy atom. The second kappa shape index (κ2) is 5.12. The van der Waals surface area contributed by atoms with Crippen LogP contribution >= 0.6 is 11.8 Å². The van der Waals surface area contributed by atoms with Crippen molar-refractivity contribution in [2.24, 2.45) is 5.73 Å². The molecule has 0 fully saturated rings. The normalized spacial score (nSPS) is 14.2. The summed E-state index contributed by atoms with van der Waals surface area (Å²) in [5.41, 5.74) is 5.31. The second-order valence-electron chi connectivity index (χ2n) is 3.47. The van der Waals surface area contributed by atoms with E-state index in [2.05, 4.69) is 0 Å². The van der Waals surface area contributed by atoms with E-state index in [-0.39, 0.29) is 5.84 Å². The molecule has 5 heteroatoms. The monoisotopic (exact) mass is 238 g/mol. The average Bonchev–Trinajstić information content (AvgIpc) is 2.50. The van der Waals surface area contributed by atoms with Crippen LogP contribution < -0.4 is 15.2 Å². The van der Waals surface area contributed by atoms with E-state index in [4.69, 9.17) is 20.6 Å². The smallest absolute Gasteiger partial charge is 0.162 e. The Hall–Kier alpha value is -1.36. The van der Waals surface area contributed by atoms with Crippen molar-refractivity contribution in [3.63, 3.8) is 0 Å². The summed E-state index contributed by atoms with van der Waals surface area (Å²) in [5.74, 6) is 2.26. The van der Waals surface area contributed by atoms with Crippen molar-refractivity contribution < 1.29 is 9.47 Å². The predicted octanol–water partition coefficient (Wildman–Crippen LogP) is 1.88. The van der Waals surface area contributed by atoms with Crippen molar-refractivity contribution in [3.05, 3.63) is 18.2 Å². The Morgan fingerprint density at radius 3 is 2.81 bits per heavy atom. The maximum Gasteiger partial charge on any atom is 0.162 e. The van der Waals surface area contributed by atoms with Crippen LogP contribution in [0.4, 0.5) is 0 Å². The number of nitrogens with two attached hydrogens (primary N) is 1. The molecule has 2 rings (SSSR count). The van der Waals surface area contributed by atoms with E-state index in [9.17, 15) is 0 Å². The summed E-state index contributed by atoms with van der Waals surface area (Å²) in [7, 11) is 0. The van der Waals surface area contributed by atoms with Crippen LogP contribution in [0.25, 0.3) is 0 Å². The molecular formula is C11H14N2O2S. The summed E-state index contributed by atoms with van der Waals surface area (Å²) in [6, 6.07) is 5.80. The van der Waals surface area contributed by atoms with E-state index in [0.717, 1.165) is 22.8 Å². The van der Waals surface area contributed by atoms with Crippen molar-refractivity contribution in [2.45, 2.75) is 11.3 Å². The molecule has 0 amide bonds. The molecule has 0 atom stereocenters. The van der Waals surface area contributed by atoms with Gasteiger partial charge in [-0.25, -0.2) is 0 Å². The first-order chi connectivity index (χ1) is 7.75. The average molecular weight is 238 g/mol. The SMILES string of the molecule is N=C(N)CSc1ccc2c(c1)OCCCO2. The van der Waals surface area contributed by atoms with Crippen molar-refractivity contribution in [1.29, 1.82) is 5.41 Å². The van der Waals surface area contributed by atoms with Gasteiger partial charge in [-0.05, 0) is 18.2 Å². The van der Waals surface area contributed by atoms with Crippen LogP contribution in [0, 0.1) is 5.41 Å². The largest absolute Gasteiger partial charge is 0.490 e. The van der Waals surface area contributed by atoms with E-state index in [1.54, 1.807) is 0 Å². The molecule has 1 aliphatic heterocycles. The van der Waals surface area contributed by atoms with Gasteiger partial charge < -0.3 is 15.2 Å². The Morgan fingerprint density at radius 1 is 1.31 bits per heavy atom. The molecule has 1 aliphatic rings. The van der Waals surface area contributed by atoms with E-state index < -0.39 is 0 Å². The second-order valence-corrected chi connectivity index (χ2v) is 4.52. The van der Waals surface area contributed by atoms with Gasteiger partial charge in [0, 0.05) is 11.3 Å². The number of hydrogen-bond donors (Lipinski definition) is 2. The summed E-state index contributed by atoms with van der Waals surface area (Å²) < 4.78 is 11.1. The maximum atomic E-state index is 7.17. The molecule has 0 saturated heterocycles. The minimum Gasteiger partial charge on any atom is -0.490 e. The quantitative estimate of drug-likeness (QED) is 0.479. The first-order valence-electron chi connectivity index (χ1n) is 5.11. The molecule has 3 N–H and O–H groups in total.